The zero-order chi connectivity index (χ0) is 22.5. The molecule has 1 unspecified atom stereocenters. The quantitative estimate of drug-likeness (QED) is 0.472. The molecule has 0 spiro atoms. The molecule has 4 amide bonds. The largest absolute Gasteiger partial charge is 0.466 e. The summed E-state index contributed by atoms with van der Waals surface area (Å²) in [4.78, 5) is 65.8. The van der Waals surface area contributed by atoms with E-state index in [1.807, 2.05) is 0 Å². The third kappa shape index (κ3) is 4.92. The highest BCUT2D eigenvalue weighted by Crippen LogP contribution is 2.22. The molecule has 1 aromatic rings. The van der Waals surface area contributed by atoms with Crippen molar-refractivity contribution in [3.63, 3.8) is 0 Å². The Morgan fingerprint density at radius 2 is 1.77 bits per heavy atom. The summed E-state index contributed by atoms with van der Waals surface area (Å²) < 4.78 is 5.05. The molecule has 3 rings (SSSR count). The Hall–Kier alpha value is -3.23. The van der Waals surface area contributed by atoms with Gasteiger partial charge in [0.2, 0.25) is 11.8 Å². The molecule has 0 radical (unpaired) electrons. The van der Waals surface area contributed by atoms with Crippen LogP contribution in [0.3, 0.4) is 0 Å². The number of benzene rings is 1. The van der Waals surface area contributed by atoms with Crippen molar-refractivity contribution >= 4 is 29.6 Å². The van der Waals surface area contributed by atoms with Crippen molar-refractivity contribution in [3.8, 4) is 0 Å². The van der Waals surface area contributed by atoms with Crippen LogP contribution in [0.5, 0.6) is 0 Å². The zero-order valence-electron chi connectivity index (χ0n) is 17.8. The summed E-state index contributed by atoms with van der Waals surface area (Å²) in [5, 5.41) is 0. The molecule has 0 bridgehead atoms. The van der Waals surface area contributed by atoms with E-state index in [-0.39, 0.29) is 49.8 Å². The second-order valence-electron chi connectivity index (χ2n) is 7.74. The number of nitrogens with zero attached hydrogens (tertiary/aromatic N) is 3. The lowest BCUT2D eigenvalue weighted by molar-refractivity contribution is -0.152. The number of esters is 1. The van der Waals surface area contributed by atoms with Gasteiger partial charge >= 0.3 is 5.97 Å². The third-order valence-electron chi connectivity index (χ3n) is 5.62. The average Bonchev–Trinajstić information content (AvgIpc) is 3.02. The first-order chi connectivity index (χ1) is 14.8. The van der Waals surface area contributed by atoms with Crippen LogP contribution in [0.1, 0.15) is 46.9 Å². The van der Waals surface area contributed by atoms with Crippen molar-refractivity contribution in [2.75, 3.05) is 39.8 Å². The number of ether oxygens (including phenoxy) is 1. The predicted octanol–water partition coefficient (Wildman–Crippen LogP) is 0.933. The van der Waals surface area contributed by atoms with Crippen LogP contribution in [0, 0.1) is 5.92 Å². The van der Waals surface area contributed by atoms with Crippen LogP contribution in [0.25, 0.3) is 0 Å². The highest BCUT2D eigenvalue weighted by atomic mass is 16.5. The molecule has 166 valence electrons. The Balaban J connectivity index is 1.49. The molecule has 0 aromatic heterocycles. The summed E-state index contributed by atoms with van der Waals surface area (Å²) in [7, 11) is 1.51. The van der Waals surface area contributed by atoms with Gasteiger partial charge in [-0.05, 0) is 31.9 Å². The van der Waals surface area contributed by atoms with Gasteiger partial charge in [0.1, 0.15) is 0 Å². The van der Waals surface area contributed by atoms with Gasteiger partial charge in [0.15, 0.2) is 0 Å². The van der Waals surface area contributed by atoms with Gasteiger partial charge in [-0.2, -0.15) is 0 Å². The number of likely N-dealkylation sites (tertiary alicyclic amines) is 1. The monoisotopic (exact) mass is 429 g/mol. The van der Waals surface area contributed by atoms with E-state index >= 15 is 0 Å². The molecule has 1 fully saturated rings. The summed E-state index contributed by atoms with van der Waals surface area (Å²) in [5.74, 6) is -2.05. The number of rotatable bonds is 7. The summed E-state index contributed by atoms with van der Waals surface area (Å²) in [6.07, 6.45) is 1.31. The van der Waals surface area contributed by atoms with E-state index in [1.54, 1.807) is 36.1 Å². The molecule has 2 aliphatic heterocycles. The molecule has 31 heavy (non-hydrogen) atoms. The minimum Gasteiger partial charge on any atom is -0.466 e. The lowest BCUT2D eigenvalue weighted by Crippen LogP contribution is -2.47. The first-order valence-corrected chi connectivity index (χ1v) is 10.5. The fourth-order valence-corrected chi connectivity index (χ4v) is 3.89. The van der Waals surface area contributed by atoms with Gasteiger partial charge in [0, 0.05) is 33.1 Å². The number of hydrogen-bond donors (Lipinski definition) is 0. The van der Waals surface area contributed by atoms with Crippen LogP contribution in [-0.2, 0) is 19.1 Å². The van der Waals surface area contributed by atoms with Gasteiger partial charge in [-0.15, -0.1) is 0 Å². The van der Waals surface area contributed by atoms with E-state index in [4.69, 9.17) is 4.74 Å². The van der Waals surface area contributed by atoms with Crippen molar-refractivity contribution in [1.82, 2.24) is 14.7 Å². The van der Waals surface area contributed by atoms with Crippen LogP contribution in [-0.4, -0.2) is 84.1 Å². The van der Waals surface area contributed by atoms with E-state index in [0.717, 1.165) is 4.90 Å². The molecule has 9 heteroatoms. The van der Waals surface area contributed by atoms with Crippen LogP contribution in [0.15, 0.2) is 24.3 Å². The molecule has 9 nitrogen and oxygen atoms in total. The number of fused-ring (bicyclic) bond motifs is 1. The topological polar surface area (TPSA) is 104 Å². The number of amides is 4. The molecule has 2 aliphatic rings. The lowest BCUT2D eigenvalue weighted by Gasteiger charge is -2.32. The van der Waals surface area contributed by atoms with E-state index in [9.17, 15) is 24.0 Å². The van der Waals surface area contributed by atoms with Crippen molar-refractivity contribution in [1.29, 1.82) is 0 Å². The minimum absolute atomic E-state index is 0.0433. The third-order valence-corrected chi connectivity index (χ3v) is 5.62. The molecule has 0 N–H and O–H groups in total. The second-order valence-corrected chi connectivity index (χ2v) is 7.74. The highest BCUT2D eigenvalue weighted by Gasteiger charge is 2.35. The number of hydrogen-bond acceptors (Lipinski definition) is 6. The van der Waals surface area contributed by atoms with Crippen LogP contribution in [0.4, 0.5) is 0 Å². The van der Waals surface area contributed by atoms with Crippen LogP contribution >= 0.6 is 0 Å². The van der Waals surface area contributed by atoms with Gasteiger partial charge in [0.05, 0.1) is 30.2 Å². The number of piperidine rings is 1. The molecular weight excluding hydrogens is 402 g/mol. The van der Waals surface area contributed by atoms with Gasteiger partial charge in [-0.25, -0.2) is 0 Å². The molecule has 2 heterocycles. The summed E-state index contributed by atoms with van der Waals surface area (Å²) in [6, 6.07) is 6.55. The van der Waals surface area contributed by atoms with Crippen molar-refractivity contribution < 1.29 is 28.7 Å². The van der Waals surface area contributed by atoms with Gasteiger partial charge in [0.25, 0.3) is 11.8 Å². The smallest absolute Gasteiger partial charge is 0.310 e. The maximum absolute atomic E-state index is 12.6. The number of carbonyl (C=O) groups is 5. The number of likely N-dealkylation sites (N-methyl/N-ethyl adjacent to an activating group) is 1. The first-order valence-electron chi connectivity index (χ1n) is 10.5. The van der Waals surface area contributed by atoms with E-state index in [1.165, 1.54) is 11.9 Å². The summed E-state index contributed by atoms with van der Waals surface area (Å²) in [5.41, 5.74) is 0.675. The Labute approximate surface area is 180 Å². The van der Waals surface area contributed by atoms with Crippen molar-refractivity contribution in [2.45, 2.75) is 26.2 Å². The molecular formula is C22H27N3O6. The SMILES string of the molecule is CCOC(=O)C1CCCN(C(=O)CN(C)C(=O)CCN2C(=O)c3ccccc3C2=O)C1. The normalized spacial score (nSPS) is 18.1. The fourth-order valence-electron chi connectivity index (χ4n) is 3.89. The molecule has 1 saturated heterocycles. The Morgan fingerprint density at radius 1 is 1.13 bits per heavy atom. The highest BCUT2D eigenvalue weighted by molar-refractivity contribution is 6.21. The number of carbonyl (C=O) groups excluding carboxylic acids is 5. The Kier molecular flexibility index (Phi) is 7.04. The van der Waals surface area contributed by atoms with Crippen molar-refractivity contribution in [3.05, 3.63) is 35.4 Å². The van der Waals surface area contributed by atoms with E-state index < -0.39 is 11.8 Å². The zero-order valence-corrected chi connectivity index (χ0v) is 17.8. The molecule has 0 aliphatic carbocycles. The fraction of sp³-hybridized carbons (Fsp3) is 0.500. The van der Waals surface area contributed by atoms with E-state index in [0.29, 0.717) is 37.1 Å². The van der Waals surface area contributed by atoms with Gasteiger partial charge in [-0.3, -0.25) is 28.9 Å². The average molecular weight is 429 g/mol. The van der Waals surface area contributed by atoms with Crippen LogP contribution in [0.2, 0.25) is 0 Å². The lowest BCUT2D eigenvalue weighted by atomic mass is 9.98. The molecule has 1 atom stereocenters. The maximum Gasteiger partial charge on any atom is 0.310 e. The maximum atomic E-state index is 12.6. The summed E-state index contributed by atoms with van der Waals surface area (Å²) >= 11 is 0. The van der Waals surface area contributed by atoms with E-state index in [2.05, 4.69) is 0 Å². The molecule has 1 aromatic carbocycles. The first kappa shape index (κ1) is 22.5. The van der Waals surface area contributed by atoms with Crippen molar-refractivity contribution in [2.24, 2.45) is 5.92 Å². The number of imide groups is 1. The minimum atomic E-state index is -0.412. The Morgan fingerprint density at radius 3 is 2.39 bits per heavy atom. The predicted molar refractivity (Wildman–Crippen MR) is 110 cm³/mol. The molecule has 0 saturated carbocycles. The standard InChI is InChI=1S/C22H27N3O6/c1-3-31-22(30)15-7-6-11-24(13-15)19(27)14-23(2)18(26)10-12-25-20(28)16-8-4-5-9-17(16)21(25)29/h4-5,8-9,15H,3,6-7,10-14H2,1-2H3. The Bertz CT molecular complexity index is 864. The summed E-state index contributed by atoms with van der Waals surface area (Å²) in [6.45, 7) is 2.69. The van der Waals surface area contributed by atoms with Crippen LogP contribution < -0.4 is 0 Å². The van der Waals surface area contributed by atoms with Gasteiger partial charge in [-0.1, -0.05) is 12.1 Å². The van der Waals surface area contributed by atoms with Gasteiger partial charge < -0.3 is 14.5 Å². The second kappa shape index (κ2) is 9.72.